The number of thiazole rings is 1. The van der Waals surface area contributed by atoms with E-state index in [0.717, 1.165) is 11.3 Å². The number of nitro groups is 1. The number of hydrogen-bond donors (Lipinski definition) is 0. The molecule has 1 amide bonds. The molecule has 8 nitrogen and oxygen atoms in total. The van der Waals surface area contributed by atoms with E-state index in [2.05, 4.69) is 10.1 Å². The van der Waals surface area contributed by atoms with Gasteiger partial charge in [0.25, 0.3) is 5.91 Å². The van der Waals surface area contributed by atoms with E-state index < -0.39 is 10.8 Å². The Bertz CT molecular complexity index is 1150. The number of nitrogens with zero attached hydrogens (tertiary/aromatic N) is 5. The smallest absolute Gasteiger partial charge is 0.281 e. The first-order chi connectivity index (χ1) is 13.5. The van der Waals surface area contributed by atoms with Gasteiger partial charge < -0.3 is 0 Å². The first-order valence-corrected chi connectivity index (χ1v) is 9.74. The van der Waals surface area contributed by atoms with Crippen molar-refractivity contribution >= 4 is 48.9 Å². The van der Waals surface area contributed by atoms with Crippen LogP contribution in [0.3, 0.4) is 0 Å². The Morgan fingerprint density at radius 2 is 2.14 bits per heavy atom. The van der Waals surface area contributed by atoms with Gasteiger partial charge in [-0.05, 0) is 30.3 Å². The summed E-state index contributed by atoms with van der Waals surface area (Å²) in [5.74, 6) is -0.782. The van der Waals surface area contributed by atoms with Crippen LogP contribution in [0.2, 0.25) is 0 Å². The zero-order valence-corrected chi connectivity index (χ0v) is 15.8. The average molecular weight is 417 g/mol. The quantitative estimate of drug-likeness (QED) is 0.350. The predicted molar refractivity (Wildman–Crippen MR) is 104 cm³/mol. The molecular formula is C17H12FN5O3S2. The third-order valence-electron chi connectivity index (χ3n) is 3.91. The summed E-state index contributed by atoms with van der Waals surface area (Å²) in [6.07, 6.45) is 3.40. The Morgan fingerprint density at radius 3 is 2.86 bits per heavy atom. The van der Waals surface area contributed by atoms with Gasteiger partial charge >= 0.3 is 5.00 Å². The maximum absolute atomic E-state index is 13.5. The fourth-order valence-electron chi connectivity index (χ4n) is 2.59. The van der Waals surface area contributed by atoms with Crippen LogP contribution in [0.15, 0.2) is 48.8 Å². The van der Waals surface area contributed by atoms with Crippen LogP contribution in [0.1, 0.15) is 9.67 Å². The molecule has 0 saturated heterocycles. The molecule has 28 heavy (non-hydrogen) atoms. The second-order valence-electron chi connectivity index (χ2n) is 5.73. The van der Waals surface area contributed by atoms with Crippen molar-refractivity contribution in [2.75, 3.05) is 11.4 Å². The number of halogens is 1. The minimum absolute atomic E-state index is 0.109. The van der Waals surface area contributed by atoms with Crippen LogP contribution in [-0.4, -0.2) is 32.1 Å². The van der Waals surface area contributed by atoms with Crippen LogP contribution in [0.25, 0.3) is 10.2 Å². The van der Waals surface area contributed by atoms with Crippen molar-refractivity contribution in [3.8, 4) is 0 Å². The Hall–Kier alpha value is -3.18. The average Bonchev–Trinajstić information content (AvgIpc) is 3.41. The SMILES string of the molecule is O=C(c1ccc([N+](=O)[O-])s1)N(CCn1cccn1)c1nc2ccc(F)cc2s1. The number of anilines is 1. The van der Waals surface area contributed by atoms with E-state index in [0.29, 0.717) is 21.9 Å². The lowest BCUT2D eigenvalue weighted by Crippen LogP contribution is -2.33. The van der Waals surface area contributed by atoms with Gasteiger partial charge in [0.2, 0.25) is 0 Å². The molecule has 3 aromatic heterocycles. The molecule has 0 saturated carbocycles. The van der Waals surface area contributed by atoms with Crippen molar-refractivity contribution in [1.82, 2.24) is 14.8 Å². The van der Waals surface area contributed by atoms with E-state index in [4.69, 9.17) is 0 Å². The standard InChI is InChI=1S/C17H12FN5O3S2/c18-11-2-3-12-14(10-11)28-17(20-12)22(9-8-21-7-1-6-19-21)16(24)13-4-5-15(27-13)23(25)26/h1-7,10H,8-9H2. The molecule has 4 aromatic rings. The van der Waals surface area contributed by atoms with Crippen molar-refractivity contribution < 1.29 is 14.1 Å². The highest BCUT2D eigenvalue weighted by Crippen LogP contribution is 2.32. The number of carbonyl (C=O) groups excluding carboxylic acids is 1. The van der Waals surface area contributed by atoms with Gasteiger partial charge in [-0.25, -0.2) is 9.37 Å². The second-order valence-corrected chi connectivity index (χ2v) is 7.80. The molecule has 0 aliphatic rings. The Morgan fingerprint density at radius 1 is 1.29 bits per heavy atom. The highest BCUT2D eigenvalue weighted by molar-refractivity contribution is 7.22. The van der Waals surface area contributed by atoms with Crippen molar-refractivity contribution in [1.29, 1.82) is 0 Å². The molecule has 0 aliphatic carbocycles. The molecule has 1 aromatic carbocycles. The monoisotopic (exact) mass is 417 g/mol. The first kappa shape index (κ1) is 18.2. The number of rotatable bonds is 6. The number of carbonyl (C=O) groups is 1. The number of benzene rings is 1. The maximum Gasteiger partial charge on any atom is 0.324 e. The Kier molecular flexibility index (Phi) is 4.84. The summed E-state index contributed by atoms with van der Waals surface area (Å²) in [5, 5.41) is 15.3. The van der Waals surface area contributed by atoms with Crippen molar-refractivity contribution in [2.24, 2.45) is 0 Å². The van der Waals surface area contributed by atoms with Crippen molar-refractivity contribution in [3.05, 3.63) is 69.6 Å². The molecule has 4 rings (SSSR count). The van der Waals surface area contributed by atoms with Crippen LogP contribution in [0.4, 0.5) is 14.5 Å². The van der Waals surface area contributed by atoms with Crippen LogP contribution in [-0.2, 0) is 6.54 Å². The van der Waals surface area contributed by atoms with E-state index in [9.17, 15) is 19.3 Å². The molecule has 3 heterocycles. The molecule has 0 bridgehead atoms. The van der Waals surface area contributed by atoms with Gasteiger partial charge in [-0.15, -0.1) is 0 Å². The van der Waals surface area contributed by atoms with E-state index >= 15 is 0 Å². The third-order valence-corrected chi connectivity index (χ3v) is 5.98. The Labute approximate surface area is 165 Å². The molecule has 11 heteroatoms. The summed E-state index contributed by atoms with van der Waals surface area (Å²) < 4.78 is 15.8. The fourth-order valence-corrected chi connectivity index (χ4v) is 4.38. The summed E-state index contributed by atoms with van der Waals surface area (Å²) in [7, 11) is 0. The highest BCUT2D eigenvalue weighted by atomic mass is 32.1. The molecular weight excluding hydrogens is 405 g/mol. The van der Waals surface area contributed by atoms with E-state index in [1.807, 2.05) is 0 Å². The van der Waals surface area contributed by atoms with Gasteiger partial charge in [0.05, 0.1) is 26.6 Å². The summed E-state index contributed by atoms with van der Waals surface area (Å²) in [5.41, 5.74) is 0.579. The van der Waals surface area contributed by atoms with Crippen molar-refractivity contribution in [2.45, 2.75) is 6.54 Å². The van der Waals surface area contributed by atoms with Gasteiger partial charge in [0.15, 0.2) is 5.13 Å². The van der Waals surface area contributed by atoms with E-state index in [1.54, 1.807) is 29.2 Å². The van der Waals surface area contributed by atoms with Crippen LogP contribution in [0, 0.1) is 15.9 Å². The van der Waals surface area contributed by atoms with Gasteiger partial charge in [0.1, 0.15) is 5.82 Å². The molecule has 0 unspecified atom stereocenters. The summed E-state index contributed by atoms with van der Waals surface area (Å²) in [6.45, 7) is 0.672. The lowest BCUT2D eigenvalue weighted by atomic mass is 10.3. The van der Waals surface area contributed by atoms with E-state index in [-0.39, 0.29) is 22.2 Å². The van der Waals surface area contributed by atoms with Gasteiger partial charge in [-0.3, -0.25) is 24.5 Å². The normalized spacial score (nSPS) is 11.0. The number of thiophene rings is 1. The van der Waals surface area contributed by atoms with Gasteiger partial charge in [-0.1, -0.05) is 22.7 Å². The van der Waals surface area contributed by atoms with Gasteiger partial charge in [-0.2, -0.15) is 5.10 Å². The van der Waals surface area contributed by atoms with Gasteiger partial charge in [0, 0.05) is 25.0 Å². The minimum Gasteiger partial charge on any atom is -0.281 e. The van der Waals surface area contributed by atoms with Crippen LogP contribution < -0.4 is 4.90 Å². The van der Waals surface area contributed by atoms with E-state index in [1.165, 1.54) is 40.5 Å². The molecule has 0 spiro atoms. The number of fused-ring (bicyclic) bond motifs is 1. The van der Waals surface area contributed by atoms with Crippen LogP contribution >= 0.6 is 22.7 Å². The molecule has 0 aliphatic heterocycles. The lowest BCUT2D eigenvalue weighted by Gasteiger charge is -2.19. The maximum atomic E-state index is 13.5. The minimum atomic E-state index is -0.532. The highest BCUT2D eigenvalue weighted by Gasteiger charge is 2.24. The number of hydrogen-bond acceptors (Lipinski definition) is 7. The zero-order chi connectivity index (χ0) is 19.7. The van der Waals surface area contributed by atoms with Crippen molar-refractivity contribution in [3.63, 3.8) is 0 Å². The lowest BCUT2D eigenvalue weighted by molar-refractivity contribution is -0.380. The topological polar surface area (TPSA) is 94.2 Å². The number of aromatic nitrogens is 3. The second kappa shape index (κ2) is 7.44. The fraction of sp³-hybridized carbons (Fsp3) is 0.118. The first-order valence-electron chi connectivity index (χ1n) is 8.11. The van der Waals surface area contributed by atoms with Crippen LogP contribution in [0.5, 0.6) is 0 Å². The Balaban J connectivity index is 1.68. The molecule has 142 valence electrons. The predicted octanol–water partition coefficient (Wildman–Crippen LogP) is 3.95. The molecule has 0 fully saturated rings. The summed E-state index contributed by atoms with van der Waals surface area (Å²) in [4.78, 5) is 29.6. The third kappa shape index (κ3) is 3.62. The largest absolute Gasteiger partial charge is 0.324 e. The molecule has 0 N–H and O–H groups in total. The molecule has 0 atom stereocenters. The summed E-state index contributed by atoms with van der Waals surface area (Å²) in [6, 6.07) is 8.73. The number of amides is 1. The summed E-state index contributed by atoms with van der Waals surface area (Å²) >= 11 is 2.00. The molecule has 0 radical (unpaired) electrons. The zero-order valence-electron chi connectivity index (χ0n) is 14.2.